The average molecular weight is 317 g/mol. The van der Waals surface area contributed by atoms with E-state index in [0.717, 1.165) is 35.8 Å². The number of hydrogen-bond donors (Lipinski definition) is 1. The van der Waals surface area contributed by atoms with Crippen molar-refractivity contribution in [1.82, 2.24) is 15.1 Å². The van der Waals surface area contributed by atoms with E-state index in [4.69, 9.17) is 9.15 Å². The SMILES string of the molecule is Cc1cc([C@@H](C)NC(=O)c2cn(C)nc2[C@H]2CCOC2)c(C)o1. The third-order valence-electron chi connectivity index (χ3n) is 4.31. The second kappa shape index (κ2) is 6.20. The van der Waals surface area contributed by atoms with Gasteiger partial charge in [-0.1, -0.05) is 0 Å². The molecule has 1 amide bonds. The maximum absolute atomic E-state index is 12.7. The lowest BCUT2D eigenvalue weighted by molar-refractivity contribution is 0.0938. The molecule has 0 spiro atoms. The number of rotatable bonds is 4. The molecule has 2 aromatic rings. The summed E-state index contributed by atoms with van der Waals surface area (Å²) in [6, 6.07) is 1.85. The van der Waals surface area contributed by atoms with Crippen LogP contribution in [0, 0.1) is 13.8 Å². The minimum atomic E-state index is -0.118. The van der Waals surface area contributed by atoms with E-state index in [-0.39, 0.29) is 17.9 Å². The van der Waals surface area contributed by atoms with Crippen LogP contribution < -0.4 is 5.32 Å². The van der Waals surface area contributed by atoms with E-state index in [9.17, 15) is 4.79 Å². The molecule has 0 bridgehead atoms. The monoisotopic (exact) mass is 317 g/mol. The number of furan rings is 1. The highest BCUT2D eigenvalue weighted by Crippen LogP contribution is 2.27. The number of amides is 1. The lowest BCUT2D eigenvalue weighted by Crippen LogP contribution is -2.27. The van der Waals surface area contributed by atoms with E-state index in [1.807, 2.05) is 33.9 Å². The Morgan fingerprint density at radius 2 is 2.26 bits per heavy atom. The van der Waals surface area contributed by atoms with Crippen molar-refractivity contribution >= 4 is 5.91 Å². The summed E-state index contributed by atoms with van der Waals surface area (Å²) in [6.07, 6.45) is 2.69. The second-order valence-corrected chi connectivity index (χ2v) is 6.23. The molecule has 1 N–H and O–H groups in total. The van der Waals surface area contributed by atoms with Crippen LogP contribution >= 0.6 is 0 Å². The van der Waals surface area contributed by atoms with Crippen molar-refractivity contribution < 1.29 is 13.9 Å². The summed E-state index contributed by atoms with van der Waals surface area (Å²) in [6.45, 7) is 7.14. The molecule has 1 aliphatic rings. The predicted octanol–water partition coefficient (Wildman–Crippen LogP) is 2.62. The van der Waals surface area contributed by atoms with Crippen LogP contribution in [0.5, 0.6) is 0 Å². The van der Waals surface area contributed by atoms with Gasteiger partial charge in [0.25, 0.3) is 5.91 Å². The van der Waals surface area contributed by atoms with Crippen LogP contribution in [-0.2, 0) is 11.8 Å². The van der Waals surface area contributed by atoms with Gasteiger partial charge in [0.15, 0.2) is 0 Å². The lowest BCUT2D eigenvalue weighted by atomic mass is 10.0. The summed E-state index contributed by atoms with van der Waals surface area (Å²) < 4.78 is 12.7. The fourth-order valence-corrected chi connectivity index (χ4v) is 3.16. The van der Waals surface area contributed by atoms with Gasteiger partial charge in [-0.2, -0.15) is 5.10 Å². The van der Waals surface area contributed by atoms with Crippen molar-refractivity contribution in [2.75, 3.05) is 13.2 Å². The smallest absolute Gasteiger partial charge is 0.255 e. The van der Waals surface area contributed by atoms with E-state index in [2.05, 4.69) is 10.4 Å². The zero-order chi connectivity index (χ0) is 16.6. The molecular weight excluding hydrogens is 294 g/mol. The summed E-state index contributed by atoms with van der Waals surface area (Å²) in [5.74, 6) is 1.78. The average Bonchev–Trinajstić information content (AvgIpc) is 3.18. The molecule has 0 radical (unpaired) electrons. The fourth-order valence-electron chi connectivity index (χ4n) is 3.16. The minimum absolute atomic E-state index is 0.106. The molecule has 6 heteroatoms. The largest absolute Gasteiger partial charge is 0.466 e. The lowest BCUT2D eigenvalue weighted by Gasteiger charge is -2.14. The number of carbonyl (C=O) groups excluding carboxylic acids is 1. The zero-order valence-electron chi connectivity index (χ0n) is 14.0. The van der Waals surface area contributed by atoms with Gasteiger partial charge in [-0.25, -0.2) is 0 Å². The summed E-state index contributed by atoms with van der Waals surface area (Å²) in [4.78, 5) is 12.7. The highest BCUT2D eigenvalue weighted by molar-refractivity contribution is 5.95. The van der Waals surface area contributed by atoms with Crippen molar-refractivity contribution in [1.29, 1.82) is 0 Å². The number of aromatic nitrogens is 2. The molecule has 1 saturated heterocycles. The third-order valence-corrected chi connectivity index (χ3v) is 4.31. The first-order valence-electron chi connectivity index (χ1n) is 7.94. The Hall–Kier alpha value is -2.08. The number of aryl methyl sites for hydroxylation is 3. The van der Waals surface area contributed by atoms with E-state index in [1.165, 1.54) is 0 Å². The first-order valence-corrected chi connectivity index (χ1v) is 7.94. The third kappa shape index (κ3) is 3.17. The molecule has 1 aliphatic heterocycles. The van der Waals surface area contributed by atoms with Crippen LogP contribution in [-0.4, -0.2) is 28.9 Å². The molecule has 3 rings (SSSR count). The molecule has 2 atom stereocenters. The predicted molar refractivity (Wildman–Crippen MR) is 85.4 cm³/mol. The molecular formula is C17H23N3O3. The van der Waals surface area contributed by atoms with Gasteiger partial charge in [-0.05, 0) is 33.3 Å². The fraction of sp³-hybridized carbons (Fsp3) is 0.529. The minimum Gasteiger partial charge on any atom is -0.466 e. The van der Waals surface area contributed by atoms with Gasteiger partial charge in [0, 0.05) is 31.3 Å². The Balaban J connectivity index is 1.79. The Morgan fingerprint density at radius 3 is 2.87 bits per heavy atom. The van der Waals surface area contributed by atoms with Crippen molar-refractivity contribution in [2.24, 2.45) is 7.05 Å². The van der Waals surface area contributed by atoms with Gasteiger partial charge in [-0.3, -0.25) is 9.48 Å². The molecule has 0 aliphatic carbocycles. The molecule has 3 heterocycles. The molecule has 6 nitrogen and oxygen atoms in total. The maximum atomic E-state index is 12.7. The van der Waals surface area contributed by atoms with Gasteiger partial charge < -0.3 is 14.5 Å². The summed E-state index contributed by atoms with van der Waals surface area (Å²) in [7, 11) is 1.84. The quantitative estimate of drug-likeness (QED) is 0.941. The van der Waals surface area contributed by atoms with Crippen molar-refractivity contribution in [3.63, 3.8) is 0 Å². The Morgan fingerprint density at radius 1 is 1.48 bits per heavy atom. The molecule has 2 aromatic heterocycles. The van der Waals surface area contributed by atoms with Crippen LogP contribution in [0.3, 0.4) is 0 Å². The highest BCUT2D eigenvalue weighted by atomic mass is 16.5. The standard InChI is InChI=1S/C17H23N3O3/c1-10-7-14(12(3)23-10)11(2)18-17(21)15-8-20(4)19-16(15)13-5-6-22-9-13/h7-8,11,13H,5-6,9H2,1-4H3,(H,18,21)/t11-,13+/m1/s1. The second-order valence-electron chi connectivity index (χ2n) is 6.23. The Kier molecular flexibility index (Phi) is 4.26. The molecule has 0 unspecified atom stereocenters. The van der Waals surface area contributed by atoms with Gasteiger partial charge in [0.1, 0.15) is 11.5 Å². The molecule has 124 valence electrons. The highest BCUT2D eigenvalue weighted by Gasteiger charge is 2.27. The first kappa shape index (κ1) is 15.8. The molecule has 1 fully saturated rings. The van der Waals surface area contributed by atoms with Gasteiger partial charge in [0.05, 0.1) is 23.9 Å². The molecule has 23 heavy (non-hydrogen) atoms. The van der Waals surface area contributed by atoms with Crippen LogP contribution in [0.1, 0.15) is 58.4 Å². The summed E-state index contributed by atoms with van der Waals surface area (Å²) in [5, 5.41) is 7.52. The molecule has 0 saturated carbocycles. The van der Waals surface area contributed by atoms with Crippen LogP contribution in [0.4, 0.5) is 0 Å². The number of nitrogens with zero attached hydrogens (tertiary/aromatic N) is 2. The van der Waals surface area contributed by atoms with E-state index in [0.29, 0.717) is 12.2 Å². The normalized spacial score (nSPS) is 19.0. The van der Waals surface area contributed by atoms with Crippen molar-refractivity contribution in [3.05, 3.63) is 40.6 Å². The topological polar surface area (TPSA) is 69.3 Å². The van der Waals surface area contributed by atoms with Gasteiger partial charge >= 0.3 is 0 Å². The Labute approximate surface area is 135 Å². The number of ether oxygens (including phenoxy) is 1. The van der Waals surface area contributed by atoms with Crippen LogP contribution in [0.15, 0.2) is 16.7 Å². The van der Waals surface area contributed by atoms with Crippen molar-refractivity contribution in [3.8, 4) is 0 Å². The van der Waals surface area contributed by atoms with Crippen LogP contribution in [0.25, 0.3) is 0 Å². The number of nitrogens with one attached hydrogen (secondary N) is 1. The maximum Gasteiger partial charge on any atom is 0.255 e. The van der Waals surface area contributed by atoms with Crippen LogP contribution in [0.2, 0.25) is 0 Å². The Bertz CT molecular complexity index is 711. The van der Waals surface area contributed by atoms with Gasteiger partial charge in [0.2, 0.25) is 0 Å². The van der Waals surface area contributed by atoms with Gasteiger partial charge in [-0.15, -0.1) is 0 Å². The number of carbonyl (C=O) groups is 1. The zero-order valence-corrected chi connectivity index (χ0v) is 14.0. The van der Waals surface area contributed by atoms with E-state index >= 15 is 0 Å². The van der Waals surface area contributed by atoms with Crippen molar-refractivity contribution in [2.45, 2.75) is 39.2 Å². The number of hydrogen-bond acceptors (Lipinski definition) is 4. The first-order chi connectivity index (χ1) is 11.0. The van der Waals surface area contributed by atoms with E-state index < -0.39 is 0 Å². The summed E-state index contributed by atoms with van der Waals surface area (Å²) >= 11 is 0. The summed E-state index contributed by atoms with van der Waals surface area (Å²) in [5.41, 5.74) is 2.47. The van der Waals surface area contributed by atoms with E-state index in [1.54, 1.807) is 10.9 Å². The molecule has 0 aromatic carbocycles.